The van der Waals surface area contributed by atoms with Gasteiger partial charge in [-0.25, -0.2) is 5.43 Å². The molecule has 0 fully saturated rings. The summed E-state index contributed by atoms with van der Waals surface area (Å²) >= 11 is 10.3. The summed E-state index contributed by atoms with van der Waals surface area (Å²) in [7, 11) is 0. The fraction of sp³-hybridized carbons (Fsp3) is 0.158. The van der Waals surface area contributed by atoms with Crippen LogP contribution in [0.1, 0.15) is 16.7 Å². The van der Waals surface area contributed by atoms with Crippen LogP contribution < -0.4 is 5.43 Å². The molecule has 0 saturated heterocycles. The third-order valence-corrected chi connectivity index (χ3v) is 6.98. The topological polar surface area (TPSA) is 67.2 Å². The molecule has 1 amide bonds. The summed E-state index contributed by atoms with van der Waals surface area (Å²) in [5, 5.41) is 13.0. The molecule has 0 unspecified atom stereocenters. The average Bonchev–Trinajstić information content (AvgIpc) is 3.15. The van der Waals surface area contributed by atoms with Crippen LogP contribution >= 0.6 is 46.5 Å². The molecule has 1 heterocycles. The number of hydrogen-bond acceptors (Lipinski definition) is 7. The number of hydrogen-bond donors (Lipinski definition) is 1. The number of benzene rings is 2. The molecule has 0 aliphatic heterocycles. The maximum Gasteiger partial charge on any atom is 0.250 e. The maximum atomic E-state index is 11.9. The van der Waals surface area contributed by atoms with E-state index in [4.69, 9.17) is 11.6 Å². The summed E-state index contributed by atoms with van der Waals surface area (Å²) in [5.74, 6) is 0.853. The third kappa shape index (κ3) is 6.94. The van der Waals surface area contributed by atoms with Gasteiger partial charge in [-0.15, -0.1) is 10.2 Å². The van der Waals surface area contributed by atoms with Crippen LogP contribution in [0.2, 0.25) is 5.02 Å². The first kappa shape index (κ1) is 20.9. The first-order valence-corrected chi connectivity index (χ1v) is 11.5. The van der Waals surface area contributed by atoms with Gasteiger partial charge in [0.15, 0.2) is 8.68 Å². The van der Waals surface area contributed by atoms with Crippen molar-refractivity contribution in [2.45, 2.75) is 21.4 Å². The first-order valence-electron chi connectivity index (χ1n) is 8.30. The van der Waals surface area contributed by atoms with Gasteiger partial charge in [0.1, 0.15) is 0 Å². The normalized spacial score (nSPS) is 11.1. The highest BCUT2D eigenvalue weighted by Gasteiger charge is 2.08. The van der Waals surface area contributed by atoms with Gasteiger partial charge in [0.25, 0.3) is 5.91 Å². The number of aryl methyl sites for hydroxylation is 1. The molecule has 1 aromatic heterocycles. The quantitative estimate of drug-likeness (QED) is 0.297. The standard InChI is InChI=1S/C19H17ClN4OS3/c1-13-2-4-14(5-3-13)10-21-22-17(25)12-27-19-24-23-18(28-19)26-11-15-6-8-16(20)9-7-15/h2-10H,11-12H2,1H3,(H,22,25)/b21-10-. The number of nitrogens with zero attached hydrogens (tertiary/aromatic N) is 3. The van der Waals surface area contributed by atoms with E-state index in [1.54, 1.807) is 18.0 Å². The molecule has 1 N–H and O–H groups in total. The van der Waals surface area contributed by atoms with Crippen molar-refractivity contribution in [3.05, 3.63) is 70.2 Å². The van der Waals surface area contributed by atoms with Gasteiger partial charge in [-0.05, 0) is 30.2 Å². The monoisotopic (exact) mass is 448 g/mol. The van der Waals surface area contributed by atoms with E-state index in [2.05, 4.69) is 20.7 Å². The van der Waals surface area contributed by atoms with Crippen LogP contribution in [0, 0.1) is 6.92 Å². The van der Waals surface area contributed by atoms with Crippen LogP contribution in [0.25, 0.3) is 0 Å². The molecule has 0 spiro atoms. The molecule has 0 radical (unpaired) electrons. The van der Waals surface area contributed by atoms with Crippen molar-refractivity contribution in [1.82, 2.24) is 15.6 Å². The molecule has 28 heavy (non-hydrogen) atoms. The highest BCUT2D eigenvalue weighted by molar-refractivity contribution is 8.03. The predicted octanol–water partition coefficient (Wildman–Crippen LogP) is 5.03. The number of aromatic nitrogens is 2. The number of rotatable bonds is 8. The number of carbonyl (C=O) groups excluding carboxylic acids is 1. The van der Waals surface area contributed by atoms with Gasteiger partial charge in [0.2, 0.25) is 0 Å². The van der Waals surface area contributed by atoms with E-state index in [1.807, 2.05) is 55.5 Å². The van der Waals surface area contributed by atoms with Gasteiger partial charge in [0, 0.05) is 10.8 Å². The number of thioether (sulfide) groups is 2. The fourth-order valence-electron chi connectivity index (χ4n) is 2.03. The van der Waals surface area contributed by atoms with Crippen molar-refractivity contribution in [3.8, 4) is 0 Å². The molecule has 3 rings (SSSR count). The number of carbonyl (C=O) groups is 1. The second-order valence-electron chi connectivity index (χ2n) is 5.74. The molecule has 144 valence electrons. The highest BCUT2D eigenvalue weighted by atomic mass is 35.5. The lowest BCUT2D eigenvalue weighted by atomic mass is 10.2. The lowest BCUT2D eigenvalue weighted by Crippen LogP contribution is -2.19. The Kier molecular flexibility index (Phi) is 7.90. The van der Waals surface area contributed by atoms with Gasteiger partial charge in [-0.2, -0.15) is 5.10 Å². The van der Waals surface area contributed by atoms with Crippen LogP contribution in [0.15, 0.2) is 62.3 Å². The Morgan fingerprint density at radius 1 is 1.11 bits per heavy atom. The largest absolute Gasteiger partial charge is 0.272 e. The minimum absolute atomic E-state index is 0.182. The molecule has 5 nitrogen and oxygen atoms in total. The van der Waals surface area contributed by atoms with E-state index in [0.717, 1.165) is 25.0 Å². The second-order valence-corrected chi connectivity index (χ2v) is 9.60. The molecule has 3 aromatic rings. The Morgan fingerprint density at radius 2 is 1.79 bits per heavy atom. The van der Waals surface area contributed by atoms with E-state index < -0.39 is 0 Å². The number of amides is 1. The van der Waals surface area contributed by atoms with Crippen molar-refractivity contribution in [3.63, 3.8) is 0 Å². The van der Waals surface area contributed by atoms with Gasteiger partial charge < -0.3 is 0 Å². The molecule has 2 aromatic carbocycles. The van der Waals surface area contributed by atoms with Crippen molar-refractivity contribution in [2.24, 2.45) is 5.10 Å². The van der Waals surface area contributed by atoms with Gasteiger partial charge in [-0.1, -0.05) is 88.4 Å². The number of nitrogens with one attached hydrogen (secondary N) is 1. The van der Waals surface area contributed by atoms with E-state index in [9.17, 15) is 4.79 Å². The molecule has 0 bridgehead atoms. The van der Waals surface area contributed by atoms with Crippen LogP contribution in [0.3, 0.4) is 0 Å². The molecule has 0 aliphatic rings. The minimum atomic E-state index is -0.182. The molecular formula is C19H17ClN4OS3. The van der Waals surface area contributed by atoms with Crippen molar-refractivity contribution in [1.29, 1.82) is 0 Å². The Morgan fingerprint density at radius 3 is 2.50 bits per heavy atom. The van der Waals surface area contributed by atoms with Crippen LogP contribution in [0.4, 0.5) is 0 Å². The summed E-state index contributed by atoms with van der Waals surface area (Å²) in [6, 6.07) is 15.6. The highest BCUT2D eigenvalue weighted by Crippen LogP contribution is 2.30. The minimum Gasteiger partial charge on any atom is -0.272 e. The summed E-state index contributed by atoms with van der Waals surface area (Å²) in [5.41, 5.74) is 5.81. The van der Waals surface area contributed by atoms with E-state index in [-0.39, 0.29) is 11.7 Å². The summed E-state index contributed by atoms with van der Waals surface area (Å²) < 4.78 is 1.63. The Labute approximate surface area is 181 Å². The third-order valence-electron chi connectivity index (χ3n) is 3.47. The summed E-state index contributed by atoms with van der Waals surface area (Å²) in [6.45, 7) is 2.02. The predicted molar refractivity (Wildman–Crippen MR) is 119 cm³/mol. The average molecular weight is 449 g/mol. The lowest BCUT2D eigenvalue weighted by molar-refractivity contribution is -0.118. The van der Waals surface area contributed by atoms with Crippen molar-refractivity contribution in [2.75, 3.05) is 5.75 Å². The van der Waals surface area contributed by atoms with E-state index in [1.165, 1.54) is 34.2 Å². The SMILES string of the molecule is Cc1ccc(/C=N\NC(=O)CSc2nnc(SCc3ccc(Cl)cc3)s2)cc1. The Bertz CT molecular complexity index is 943. The molecule has 0 atom stereocenters. The zero-order chi connectivity index (χ0) is 19.8. The Balaban J connectivity index is 1.40. The van der Waals surface area contributed by atoms with Crippen molar-refractivity contribution >= 4 is 58.6 Å². The zero-order valence-corrected chi connectivity index (χ0v) is 18.2. The van der Waals surface area contributed by atoms with Gasteiger partial charge in [-0.3, -0.25) is 4.79 Å². The number of halogens is 1. The molecule has 0 aliphatic carbocycles. The molecule has 0 saturated carbocycles. The van der Waals surface area contributed by atoms with Gasteiger partial charge >= 0.3 is 0 Å². The zero-order valence-electron chi connectivity index (χ0n) is 15.0. The van der Waals surface area contributed by atoms with Crippen LogP contribution in [-0.4, -0.2) is 28.1 Å². The van der Waals surface area contributed by atoms with Crippen LogP contribution in [-0.2, 0) is 10.5 Å². The number of hydrazone groups is 1. The fourth-order valence-corrected chi connectivity index (χ4v) is 4.92. The summed E-state index contributed by atoms with van der Waals surface area (Å²) in [6.07, 6.45) is 1.62. The van der Waals surface area contributed by atoms with Crippen LogP contribution in [0.5, 0.6) is 0 Å². The molecule has 9 heteroatoms. The lowest BCUT2D eigenvalue weighted by Gasteiger charge is -1.98. The van der Waals surface area contributed by atoms with E-state index in [0.29, 0.717) is 0 Å². The maximum absolute atomic E-state index is 11.9. The van der Waals surface area contributed by atoms with Crippen molar-refractivity contribution < 1.29 is 4.79 Å². The van der Waals surface area contributed by atoms with Gasteiger partial charge in [0.05, 0.1) is 12.0 Å². The Hall–Kier alpha value is -1.87. The second kappa shape index (κ2) is 10.6. The molecular weight excluding hydrogens is 432 g/mol. The van der Waals surface area contributed by atoms with E-state index >= 15 is 0 Å². The summed E-state index contributed by atoms with van der Waals surface area (Å²) in [4.78, 5) is 11.9. The first-order chi connectivity index (χ1) is 13.6. The smallest absolute Gasteiger partial charge is 0.250 e.